The Balaban J connectivity index is 1.41. The molecule has 5 rings (SSSR count). The molecule has 0 aliphatic heterocycles. The van der Waals surface area contributed by atoms with E-state index in [0.29, 0.717) is 17.9 Å². The van der Waals surface area contributed by atoms with E-state index in [1.54, 1.807) is 7.11 Å². The van der Waals surface area contributed by atoms with E-state index in [2.05, 4.69) is 10.6 Å². The third-order valence-corrected chi connectivity index (χ3v) is 6.84. The van der Waals surface area contributed by atoms with Crippen molar-refractivity contribution in [2.75, 3.05) is 7.11 Å². The van der Waals surface area contributed by atoms with Crippen LogP contribution in [-0.4, -0.2) is 25.0 Å². The number of amides is 2. The van der Waals surface area contributed by atoms with Crippen LogP contribution in [0.2, 0.25) is 0 Å². The van der Waals surface area contributed by atoms with E-state index >= 15 is 0 Å². The Morgan fingerprint density at radius 1 is 1.04 bits per heavy atom. The van der Waals surface area contributed by atoms with Gasteiger partial charge in [0.15, 0.2) is 0 Å². The van der Waals surface area contributed by atoms with E-state index < -0.39 is 0 Å². The van der Waals surface area contributed by atoms with Gasteiger partial charge < -0.3 is 15.4 Å². The molecule has 4 aliphatic carbocycles. The predicted molar refractivity (Wildman–Crippen MR) is 103 cm³/mol. The summed E-state index contributed by atoms with van der Waals surface area (Å²) in [4.78, 5) is 24.5. The molecule has 4 fully saturated rings. The Kier molecular flexibility index (Phi) is 5.11. The van der Waals surface area contributed by atoms with Gasteiger partial charge in [-0.15, -0.1) is 0 Å². The number of ether oxygens (including phenoxy) is 1. The topological polar surface area (TPSA) is 67.4 Å². The monoisotopic (exact) mass is 370 g/mol. The van der Waals surface area contributed by atoms with Gasteiger partial charge >= 0.3 is 0 Å². The van der Waals surface area contributed by atoms with Gasteiger partial charge in [0, 0.05) is 13.0 Å². The number of carbonyl (C=O) groups excluding carboxylic acids is 2. The van der Waals surface area contributed by atoms with Crippen LogP contribution >= 0.6 is 0 Å². The van der Waals surface area contributed by atoms with Gasteiger partial charge in [0.05, 0.1) is 19.6 Å². The van der Waals surface area contributed by atoms with Gasteiger partial charge in [0.2, 0.25) is 11.8 Å². The second-order valence-electron chi connectivity index (χ2n) is 8.75. The molecule has 1 aromatic carbocycles. The van der Waals surface area contributed by atoms with Crippen molar-refractivity contribution in [2.24, 2.45) is 23.7 Å². The van der Waals surface area contributed by atoms with Crippen LogP contribution in [0.1, 0.15) is 57.1 Å². The predicted octanol–water partition coefficient (Wildman–Crippen LogP) is 3.20. The first-order chi connectivity index (χ1) is 13.0. The summed E-state index contributed by atoms with van der Waals surface area (Å²) < 4.78 is 5.20. The average molecular weight is 370 g/mol. The molecule has 5 heteroatoms. The number of carbonyl (C=O) groups is 2. The number of methoxy groups -OCH3 is 1. The highest BCUT2D eigenvalue weighted by atomic mass is 16.5. The first-order valence-electron chi connectivity index (χ1n) is 10.2. The van der Waals surface area contributed by atoms with Crippen LogP contribution in [0.5, 0.6) is 5.75 Å². The maximum atomic E-state index is 12.8. The summed E-state index contributed by atoms with van der Waals surface area (Å²) in [6.07, 6.45) is 6.82. The normalized spacial score (nSPS) is 32.0. The highest BCUT2D eigenvalue weighted by molar-refractivity contribution is 5.79. The number of nitrogens with one attached hydrogen (secondary N) is 2. The molecule has 2 amide bonds. The lowest BCUT2D eigenvalue weighted by Gasteiger charge is -2.54. The Morgan fingerprint density at radius 3 is 2.15 bits per heavy atom. The van der Waals surface area contributed by atoms with Gasteiger partial charge in [0.25, 0.3) is 0 Å². The largest absolute Gasteiger partial charge is 0.497 e. The Bertz CT molecular complexity index is 672. The molecular weight excluding hydrogens is 340 g/mol. The highest BCUT2D eigenvalue weighted by Gasteiger charge is 2.48. The van der Waals surface area contributed by atoms with Gasteiger partial charge in [-0.1, -0.05) is 12.1 Å². The fraction of sp³-hybridized carbons (Fsp3) is 0.636. The first kappa shape index (κ1) is 18.3. The molecule has 4 bridgehead atoms. The van der Waals surface area contributed by atoms with Crippen LogP contribution < -0.4 is 15.4 Å². The molecule has 0 unspecified atom stereocenters. The second kappa shape index (κ2) is 7.53. The van der Waals surface area contributed by atoms with Crippen molar-refractivity contribution in [3.05, 3.63) is 29.8 Å². The summed E-state index contributed by atoms with van der Waals surface area (Å²) in [6.45, 7) is 1.49. The first-order valence-corrected chi connectivity index (χ1v) is 10.2. The van der Waals surface area contributed by atoms with E-state index in [-0.39, 0.29) is 24.3 Å². The lowest BCUT2D eigenvalue weighted by Crippen LogP contribution is -2.56. The van der Waals surface area contributed by atoms with Crippen molar-refractivity contribution >= 4 is 11.8 Å². The molecule has 2 N–H and O–H groups in total. The number of hydrogen-bond donors (Lipinski definition) is 2. The van der Waals surface area contributed by atoms with Gasteiger partial charge in [-0.25, -0.2) is 0 Å². The maximum absolute atomic E-state index is 12.8. The zero-order valence-corrected chi connectivity index (χ0v) is 16.2. The Labute approximate surface area is 161 Å². The van der Waals surface area contributed by atoms with Gasteiger partial charge in [-0.2, -0.15) is 0 Å². The van der Waals surface area contributed by atoms with Crippen molar-refractivity contribution in [2.45, 2.75) is 57.5 Å². The molecule has 0 saturated heterocycles. The van der Waals surface area contributed by atoms with E-state index in [1.165, 1.54) is 39.0 Å². The minimum atomic E-state index is -0.315. The fourth-order valence-electron chi connectivity index (χ4n) is 5.92. The molecule has 27 heavy (non-hydrogen) atoms. The number of hydrogen-bond acceptors (Lipinski definition) is 3. The summed E-state index contributed by atoms with van der Waals surface area (Å²) in [5, 5.41) is 6.27. The molecule has 5 nitrogen and oxygen atoms in total. The van der Waals surface area contributed by atoms with E-state index in [0.717, 1.165) is 23.1 Å². The van der Waals surface area contributed by atoms with Crippen molar-refractivity contribution < 1.29 is 14.3 Å². The van der Waals surface area contributed by atoms with Crippen LogP contribution in [0.4, 0.5) is 0 Å². The quantitative estimate of drug-likeness (QED) is 0.808. The van der Waals surface area contributed by atoms with Crippen LogP contribution in [-0.2, 0) is 9.59 Å². The smallest absolute Gasteiger partial charge is 0.222 e. The minimum absolute atomic E-state index is 0.0436. The third-order valence-electron chi connectivity index (χ3n) is 6.84. The molecule has 4 saturated carbocycles. The second-order valence-corrected chi connectivity index (χ2v) is 8.75. The summed E-state index contributed by atoms with van der Waals surface area (Å²) in [6, 6.07) is 7.56. The summed E-state index contributed by atoms with van der Waals surface area (Å²) >= 11 is 0. The summed E-state index contributed by atoms with van der Waals surface area (Å²) in [5.41, 5.74) is 0.922. The number of benzene rings is 1. The van der Waals surface area contributed by atoms with Crippen molar-refractivity contribution in [3.63, 3.8) is 0 Å². The lowest BCUT2D eigenvalue weighted by atomic mass is 9.54. The lowest BCUT2D eigenvalue weighted by molar-refractivity contribution is -0.126. The van der Waals surface area contributed by atoms with E-state index in [1.807, 2.05) is 24.3 Å². The summed E-state index contributed by atoms with van der Waals surface area (Å²) in [7, 11) is 1.62. The Morgan fingerprint density at radius 2 is 1.63 bits per heavy atom. The minimum Gasteiger partial charge on any atom is -0.497 e. The van der Waals surface area contributed by atoms with E-state index in [9.17, 15) is 9.59 Å². The van der Waals surface area contributed by atoms with Crippen molar-refractivity contribution in [1.82, 2.24) is 10.6 Å². The molecule has 0 spiro atoms. The third kappa shape index (κ3) is 3.97. The SMILES string of the molecule is COc1ccc([C@H](CC(=O)NC2C3CC4CC(C3)CC2C4)NC(C)=O)cc1. The molecule has 4 aliphatic rings. The Hall–Kier alpha value is -2.04. The molecule has 0 radical (unpaired) electrons. The zero-order valence-electron chi connectivity index (χ0n) is 16.2. The van der Waals surface area contributed by atoms with Crippen molar-refractivity contribution in [1.29, 1.82) is 0 Å². The molecule has 0 aromatic heterocycles. The van der Waals surface area contributed by atoms with Crippen molar-refractivity contribution in [3.8, 4) is 5.75 Å². The van der Waals surface area contributed by atoms with Crippen LogP contribution in [0.25, 0.3) is 0 Å². The van der Waals surface area contributed by atoms with Gasteiger partial charge in [-0.3, -0.25) is 9.59 Å². The molecule has 1 atom stereocenters. The molecule has 146 valence electrons. The van der Waals surface area contributed by atoms with Gasteiger partial charge in [-0.05, 0) is 73.5 Å². The number of rotatable bonds is 6. The summed E-state index contributed by atoms with van der Waals surface area (Å²) in [5.74, 6) is 3.79. The molecule has 0 heterocycles. The standard InChI is InChI=1S/C22H30N2O3/c1-13(25)23-20(16-3-5-19(27-2)6-4-16)12-21(26)24-22-17-8-14-7-15(10-17)11-18(22)9-14/h3-6,14-15,17-18,20,22H,7-12H2,1-2H3,(H,23,25)(H,24,26)/t14?,15?,17?,18?,20-,22?/m0/s1. The van der Waals surface area contributed by atoms with Crippen LogP contribution in [0.15, 0.2) is 24.3 Å². The maximum Gasteiger partial charge on any atom is 0.222 e. The average Bonchev–Trinajstić information content (AvgIpc) is 2.63. The molecule has 1 aromatic rings. The van der Waals surface area contributed by atoms with Crippen LogP contribution in [0.3, 0.4) is 0 Å². The van der Waals surface area contributed by atoms with Crippen LogP contribution in [0, 0.1) is 23.7 Å². The zero-order chi connectivity index (χ0) is 19.0. The van der Waals surface area contributed by atoms with E-state index in [4.69, 9.17) is 4.74 Å². The highest BCUT2D eigenvalue weighted by Crippen LogP contribution is 2.53. The molecular formula is C22H30N2O3. The fourth-order valence-corrected chi connectivity index (χ4v) is 5.92. The van der Waals surface area contributed by atoms with Gasteiger partial charge in [0.1, 0.15) is 5.75 Å².